The molecule has 0 bridgehead atoms. The quantitative estimate of drug-likeness (QED) is 0.594. The fourth-order valence-electron chi connectivity index (χ4n) is 1.14. The van der Waals surface area contributed by atoms with Crippen molar-refractivity contribution in [3.63, 3.8) is 0 Å². The molecule has 0 saturated carbocycles. The van der Waals surface area contributed by atoms with Crippen molar-refractivity contribution >= 4 is 17.5 Å². The number of carbonyl (C=O) groups excluding carboxylic acids is 1. The Bertz CT molecular complexity index is 461. The molecule has 5 heteroatoms. The lowest BCUT2D eigenvalue weighted by Gasteiger charge is -2.07. The number of aromatic hydroxyl groups is 1. The highest BCUT2D eigenvalue weighted by atomic mass is 16.5. The number of phenols is 1. The van der Waals surface area contributed by atoms with Crippen molar-refractivity contribution in [2.24, 2.45) is 0 Å². The van der Waals surface area contributed by atoms with Gasteiger partial charge in [0.1, 0.15) is 5.75 Å². The van der Waals surface area contributed by atoms with Gasteiger partial charge in [0.05, 0.1) is 18.2 Å². The fraction of sp³-hybridized carbons (Fsp3) is 0.0909. The van der Waals surface area contributed by atoms with Crippen LogP contribution in [0.2, 0.25) is 0 Å². The summed E-state index contributed by atoms with van der Waals surface area (Å²) in [6, 6.07) is 3.58. The predicted molar refractivity (Wildman–Crippen MR) is 56.1 cm³/mol. The Balaban J connectivity index is 3.22. The van der Waals surface area contributed by atoms with Gasteiger partial charge in [-0.3, -0.25) is 0 Å². The van der Waals surface area contributed by atoms with Gasteiger partial charge < -0.3 is 14.9 Å². The third-order valence-electron chi connectivity index (χ3n) is 2.00. The second-order valence-corrected chi connectivity index (χ2v) is 3.01. The van der Waals surface area contributed by atoms with Gasteiger partial charge >= 0.3 is 11.9 Å². The van der Waals surface area contributed by atoms with E-state index in [1.807, 2.05) is 0 Å². The molecule has 0 atom stereocenters. The zero-order valence-electron chi connectivity index (χ0n) is 8.56. The molecule has 5 nitrogen and oxygen atoms in total. The van der Waals surface area contributed by atoms with E-state index in [0.717, 1.165) is 6.07 Å². The summed E-state index contributed by atoms with van der Waals surface area (Å²) in [5, 5.41) is 18.2. The van der Waals surface area contributed by atoms with E-state index in [-0.39, 0.29) is 22.4 Å². The topological polar surface area (TPSA) is 83.8 Å². The monoisotopic (exact) mass is 222 g/mol. The van der Waals surface area contributed by atoms with Gasteiger partial charge in [0.2, 0.25) is 0 Å². The van der Waals surface area contributed by atoms with Crippen LogP contribution in [0.3, 0.4) is 0 Å². The molecule has 0 aliphatic heterocycles. The van der Waals surface area contributed by atoms with Crippen LogP contribution in [0.1, 0.15) is 15.9 Å². The summed E-state index contributed by atoms with van der Waals surface area (Å²) >= 11 is 0. The van der Waals surface area contributed by atoms with Gasteiger partial charge in [-0.05, 0) is 18.2 Å². The van der Waals surface area contributed by atoms with Crippen LogP contribution in [-0.2, 0) is 9.53 Å². The molecule has 0 fully saturated rings. The Labute approximate surface area is 91.6 Å². The first-order valence-electron chi connectivity index (χ1n) is 4.31. The Hall–Kier alpha value is -2.30. The number of ether oxygens (including phenoxy) is 1. The third-order valence-corrected chi connectivity index (χ3v) is 2.00. The van der Waals surface area contributed by atoms with Crippen LogP contribution in [0, 0.1) is 0 Å². The number of carboxylic acid groups (broad SMARTS) is 1. The van der Waals surface area contributed by atoms with E-state index < -0.39 is 11.9 Å². The first kappa shape index (κ1) is 11.8. The lowest BCUT2D eigenvalue weighted by Crippen LogP contribution is -2.04. The van der Waals surface area contributed by atoms with Crippen LogP contribution in [0.4, 0.5) is 0 Å². The standard InChI is InChI=1S/C11H10O5/c1-6(11(15)16-2)8-5-7(10(13)14)3-4-9(8)12/h3-5,12H,1H2,2H3,(H,13,14). The molecule has 84 valence electrons. The molecule has 0 heterocycles. The summed E-state index contributed by atoms with van der Waals surface area (Å²) in [5.74, 6) is -2.10. The zero-order chi connectivity index (χ0) is 12.3. The summed E-state index contributed by atoms with van der Waals surface area (Å²) in [4.78, 5) is 21.9. The van der Waals surface area contributed by atoms with E-state index in [1.165, 1.54) is 19.2 Å². The van der Waals surface area contributed by atoms with E-state index in [1.54, 1.807) is 0 Å². The smallest absolute Gasteiger partial charge is 0.337 e. The molecule has 1 aromatic carbocycles. The van der Waals surface area contributed by atoms with Gasteiger partial charge in [0.15, 0.2) is 0 Å². The van der Waals surface area contributed by atoms with E-state index >= 15 is 0 Å². The number of aromatic carboxylic acids is 1. The Morgan fingerprint density at radius 1 is 1.38 bits per heavy atom. The highest BCUT2D eigenvalue weighted by Crippen LogP contribution is 2.25. The molecule has 1 aromatic rings. The van der Waals surface area contributed by atoms with Crippen LogP contribution in [0.5, 0.6) is 5.75 Å². The number of benzene rings is 1. The Morgan fingerprint density at radius 2 is 2.00 bits per heavy atom. The van der Waals surface area contributed by atoms with Crippen molar-refractivity contribution < 1.29 is 24.5 Å². The number of hydrogen-bond acceptors (Lipinski definition) is 4. The van der Waals surface area contributed by atoms with Gasteiger partial charge in [-0.15, -0.1) is 0 Å². The number of rotatable bonds is 3. The average molecular weight is 222 g/mol. The molecule has 0 unspecified atom stereocenters. The highest BCUT2D eigenvalue weighted by Gasteiger charge is 2.15. The van der Waals surface area contributed by atoms with E-state index in [4.69, 9.17) is 5.11 Å². The molecule has 0 radical (unpaired) electrons. The number of methoxy groups -OCH3 is 1. The normalized spacial score (nSPS) is 9.56. The van der Waals surface area contributed by atoms with Crippen molar-refractivity contribution in [2.45, 2.75) is 0 Å². The maximum atomic E-state index is 11.2. The minimum atomic E-state index is -1.15. The molecule has 0 aliphatic rings. The molecule has 0 aromatic heterocycles. The zero-order valence-corrected chi connectivity index (χ0v) is 8.56. The maximum Gasteiger partial charge on any atom is 0.337 e. The van der Waals surface area contributed by atoms with E-state index in [2.05, 4.69) is 11.3 Å². The first-order valence-corrected chi connectivity index (χ1v) is 4.31. The molecular formula is C11H10O5. The van der Waals surface area contributed by atoms with E-state index in [9.17, 15) is 14.7 Å². The number of carbonyl (C=O) groups is 2. The summed E-state index contributed by atoms with van der Waals surface area (Å²) in [6.07, 6.45) is 0. The number of hydrogen-bond donors (Lipinski definition) is 2. The molecule has 0 aliphatic carbocycles. The van der Waals surface area contributed by atoms with Gasteiger partial charge in [-0.1, -0.05) is 6.58 Å². The van der Waals surface area contributed by atoms with Gasteiger partial charge in [-0.2, -0.15) is 0 Å². The van der Waals surface area contributed by atoms with Crippen LogP contribution in [0.25, 0.3) is 5.57 Å². The molecule has 0 amide bonds. The van der Waals surface area contributed by atoms with Crippen molar-refractivity contribution in [3.8, 4) is 5.75 Å². The molecule has 0 saturated heterocycles. The summed E-state index contributed by atoms with van der Waals surface area (Å²) in [5.41, 5.74) is -0.0901. The predicted octanol–water partition coefficient (Wildman–Crippen LogP) is 1.28. The second-order valence-electron chi connectivity index (χ2n) is 3.01. The lowest BCUT2D eigenvalue weighted by atomic mass is 10.0. The first-order chi connectivity index (χ1) is 7.47. The van der Waals surface area contributed by atoms with Gasteiger partial charge in [0, 0.05) is 5.56 Å². The fourth-order valence-corrected chi connectivity index (χ4v) is 1.14. The van der Waals surface area contributed by atoms with Crippen LogP contribution >= 0.6 is 0 Å². The molecule has 2 N–H and O–H groups in total. The third kappa shape index (κ3) is 2.20. The highest BCUT2D eigenvalue weighted by molar-refractivity contribution is 6.16. The molecule has 0 spiro atoms. The Kier molecular flexibility index (Phi) is 3.30. The summed E-state index contributed by atoms with van der Waals surface area (Å²) in [7, 11) is 1.17. The van der Waals surface area contributed by atoms with Crippen molar-refractivity contribution in [1.82, 2.24) is 0 Å². The van der Waals surface area contributed by atoms with Crippen LogP contribution < -0.4 is 0 Å². The number of phenolic OH excluding ortho intramolecular Hbond substituents is 1. The van der Waals surface area contributed by atoms with E-state index in [0.29, 0.717) is 0 Å². The summed E-state index contributed by atoms with van der Waals surface area (Å²) < 4.78 is 4.42. The minimum Gasteiger partial charge on any atom is -0.507 e. The van der Waals surface area contributed by atoms with Crippen molar-refractivity contribution in [1.29, 1.82) is 0 Å². The average Bonchev–Trinajstić information content (AvgIpc) is 2.27. The summed E-state index contributed by atoms with van der Waals surface area (Å²) in [6.45, 7) is 3.43. The molecule has 1 rings (SSSR count). The lowest BCUT2D eigenvalue weighted by molar-refractivity contribution is -0.133. The van der Waals surface area contributed by atoms with Gasteiger partial charge in [0.25, 0.3) is 0 Å². The van der Waals surface area contributed by atoms with Crippen LogP contribution in [0.15, 0.2) is 24.8 Å². The number of esters is 1. The van der Waals surface area contributed by atoms with Crippen molar-refractivity contribution in [2.75, 3.05) is 7.11 Å². The SMILES string of the molecule is C=C(C(=O)OC)c1cc(C(=O)O)ccc1O. The minimum absolute atomic E-state index is 0.0437. The molecular weight excluding hydrogens is 212 g/mol. The van der Waals surface area contributed by atoms with Crippen molar-refractivity contribution in [3.05, 3.63) is 35.9 Å². The Morgan fingerprint density at radius 3 is 2.50 bits per heavy atom. The second kappa shape index (κ2) is 4.48. The largest absolute Gasteiger partial charge is 0.507 e. The molecule has 16 heavy (non-hydrogen) atoms. The maximum absolute atomic E-state index is 11.2. The van der Waals surface area contributed by atoms with Gasteiger partial charge in [-0.25, -0.2) is 9.59 Å². The number of carboxylic acids is 1. The van der Waals surface area contributed by atoms with Crippen LogP contribution in [-0.4, -0.2) is 29.3 Å².